The first-order valence-electron chi connectivity index (χ1n) is 9.45. The summed E-state index contributed by atoms with van der Waals surface area (Å²) in [6.45, 7) is 11.1. The molecule has 1 amide bonds. The third-order valence-corrected chi connectivity index (χ3v) is 3.77. The number of nitrogens with two attached hydrogens (primary N) is 2. The van der Waals surface area contributed by atoms with Crippen molar-refractivity contribution in [1.29, 1.82) is 0 Å². The smallest absolute Gasteiger partial charge is 0.436 e. The average molecular weight is 402 g/mol. The molecular formula is C21H30N4O4. The van der Waals surface area contributed by atoms with Gasteiger partial charge in [-0.1, -0.05) is 6.07 Å². The summed E-state index contributed by atoms with van der Waals surface area (Å²) in [5.74, 6) is -0.0449. The van der Waals surface area contributed by atoms with Crippen molar-refractivity contribution >= 4 is 28.9 Å². The van der Waals surface area contributed by atoms with Gasteiger partial charge in [-0.2, -0.15) is 4.99 Å². The van der Waals surface area contributed by atoms with Crippen LogP contribution in [-0.2, 0) is 15.9 Å². The lowest BCUT2D eigenvalue weighted by atomic mass is 10.1. The number of amides is 1. The minimum absolute atomic E-state index is 0.0449. The van der Waals surface area contributed by atoms with Gasteiger partial charge in [0.2, 0.25) is 0 Å². The highest BCUT2D eigenvalue weighted by Crippen LogP contribution is 2.25. The fourth-order valence-electron chi connectivity index (χ4n) is 2.71. The molecule has 8 nitrogen and oxygen atoms in total. The highest BCUT2D eigenvalue weighted by molar-refractivity contribution is 6.13. The Hall–Kier alpha value is -2.87. The van der Waals surface area contributed by atoms with Gasteiger partial charge in [0.1, 0.15) is 17.0 Å². The van der Waals surface area contributed by atoms with Gasteiger partial charge in [-0.25, -0.2) is 9.59 Å². The van der Waals surface area contributed by atoms with E-state index in [9.17, 15) is 9.59 Å². The maximum absolute atomic E-state index is 12.7. The Bertz CT molecular complexity index is 946. The molecule has 2 aromatic rings. The Morgan fingerprint density at radius 2 is 1.69 bits per heavy atom. The summed E-state index contributed by atoms with van der Waals surface area (Å²) in [6.07, 6.45) is 0.834. The Labute approximate surface area is 170 Å². The van der Waals surface area contributed by atoms with E-state index in [4.69, 9.17) is 20.9 Å². The molecule has 0 atom stereocenters. The van der Waals surface area contributed by atoms with Crippen molar-refractivity contribution in [2.24, 2.45) is 16.5 Å². The van der Waals surface area contributed by atoms with Crippen LogP contribution in [0.25, 0.3) is 10.9 Å². The number of amidine groups is 1. The number of nitrogens with zero attached hydrogens (tertiary/aromatic N) is 2. The second-order valence-electron chi connectivity index (χ2n) is 8.76. The fraction of sp³-hybridized carbons (Fsp3) is 0.476. The Balaban J connectivity index is 2.56. The summed E-state index contributed by atoms with van der Waals surface area (Å²) in [6, 6.07) is 5.57. The molecule has 0 radical (unpaired) electrons. The van der Waals surface area contributed by atoms with Crippen LogP contribution in [0.1, 0.15) is 52.7 Å². The number of ether oxygens (including phenoxy) is 2. The molecule has 0 aliphatic carbocycles. The van der Waals surface area contributed by atoms with Crippen LogP contribution in [0.5, 0.6) is 0 Å². The number of rotatable bonds is 3. The Morgan fingerprint density at radius 1 is 1.07 bits per heavy atom. The van der Waals surface area contributed by atoms with Crippen LogP contribution < -0.4 is 11.5 Å². The van der Waals surface area contributed by atoms with Crippen molar-refractivity contribution in [2.75, 3.05) is 6.54 Å². The quantitative estimate of drug-likeness (QED) is 0.598. The molecule has 0 unspecified atom stereocenters. The lowest BCUT2D eigenvalue weighted by molar-refractivity contribution is 0.0542. The van der Waals surface area contributed by atoms with E-state index in [1.807, 2.05) is 12.1 Å². The molecule has 1 heterocycles. The minimum Gasteiger partial charge on any atom is -0.443 e. The van der Waals surface area contributed by atoms with Gasteiger partial charge in [0.05, 0.1) is 5.52 Å². The molecule has 158 valence electrons. The predicted octanol–water partition coefficient (Wildman–Crippen LogP) is 3.57. The zero-order valence-electron chi connectivity index (χ0n) is 17.9. The second kappa shape index (κ2) is 8.24. The van der Waals surface area contributed by atoms with E-state index in [1.165, 1.54) is 10.8 Å². The highest BCUT2D eigenvalue weighted by Gasteiger charge is 2.23. The van der Waals surface area contributed by atoms with Gasteiger partial charge in [0.25, 0.3) is 0 Å². The zero-order chi connectivity index (χ0) is 22.0. The molecule has 0 aliphatic rings. The van der Waals surface area contributed by atoms with E-state index in [2.05, 4.69) is 4.99 Å². The van der Waals surface area contributed by atoms with Crippen LogP contribution in [0, 0.1) is 0 Å². The van der Waals surface area contributed by atoms with Crippen molar-refractivity contribution in [1.82, 2.24) is 4.57 Å². The molecule has 2 rings (SSSR count). The van der Waals surface area contributed by atoms with Crippen LogP contribution in [0.4, 0.5) is 9.59 Å². The lowest BCUT2D eigenvalue weighted by Gasteiger charge is -2.19. The van der Waals surface area contributed by atoms with Gasteiger partial charge in [-0.3, -0.25) is 4.57 Å². The highest BCUT2D eigenvalue weighted by atomic mass is 16.6. The number of aromatic nitrogens is 1. The fourth-order valence-corrected chi connectivity index (χ4v) is 2.71. The van der Waals surface area contributed by atoms with Gasteiger partial charge in [0, 0.05) is 17.1 Å². The standard InChI is InChI=1S/C21H30N4O4/c1-20(2,3)28-18(26)24-17(23)15-12-25(19(27)29-21(4,5)6)16-8-7-13(9-10-22)11-14(15)16/h7-8,11-12H,9-10,22H2,1-6H3,(H2,23,24,26). The van der Waals surface area contributed by atoms with Crippen molar-refractivity contribution in [3.8, 4) is 0 Å². The van der Waals surface area contributed by atoms with Crippen LogP contribution in [-0.4, -0.2) is 40.3 Å². The van der Waals surface area contributed by atoms with Crippen LogP contribution in [0.3, 0.4) is 0 Å². The monoisotopic (exact) mass is 402 g/mol. The number of benzene rings is 1. The van der Waals surface area contributed by atoms with E-state index in [-0.39, 0.29) is 5.84 Å². The van der Waals surface area contributed by atoms with E-state index >= 15 is 0 Å². The van der Waals surface area contributed by atoms with Crippen molar-refractivity contribution < 1.29 is 19.1 Å². The summed E-state index contributed by atoms with van der Waals surface area (Å²) in [4.78, 5) is 28.6. The summed E-state index contributed by atoms with van der Waals surface area (Å²) in [7, 11) is 0. The van der Waals surface area contributed by atoms with Gasteiger partial charge in [0.15, 0.2) is 0 Å². The minimum atomic E-state index is -0.800. The summed E-state index contributed by atoms with van der Waals surface area (Å²) >= 11 is 0. The van der Waals surface area contributed by atoms with Gasteiger partial charge in [-0.05, 0) is 72.2 Å². The maximum atomic E-state index is 12.7. The average Bonchev–Trinajstić information content (AvgIpc) is 2.90. The molecule has 8 heteroatoms. The molecule has 4 N–H and O–H groups in total. The van der Waals surface area contributed by atoms with Crippen LogP contribution in [0.15, 0.2) is 29.4 Å². The van der Waals surface area contributed by atoms with Crippen molar-refractivity contribution in [3.63, 3.8) is 0 Å². The van der Waals surface area contributed by atoms with E-state index in [1.54, 1.807) is 47.6 Å². The number of hydrogen-bond donors (Lipinski definition) is 2. The molecule has 0 aliphatic heterocycles. The van der Waals surface area contributed by atoms with Crippen molar-refractivity contribution in [2.45, 2.75) is 59.2 Å². The van der Waals surface area contributed by atoms with E-state index in [0.29, 0.717) is 29.4 Å². The SMILES string of the molecule is CC(C)(C)OC(=O)/N=C(\N)c1cn(C(=O)OC(C)(C)C)c2ccc(CCN)cc12. The molecular weight excluding hydrogens is 372 g/mol. The van der Waals surface area contributed by atoms with Crippen molar-refractivity contribution in [3.05, 3.63) is 35.5 Å². The Morgan fingerprint density at radius 3 is 2.24 bits per heavy atom. The number of carbonyl (C=O) groups is 2. The first-order chi connectivity index (χ1) is 13.3. The first kappa shape index (κ1) is 22.4. The van der Waals surface area contributed by atoms with E-state index in [0.717, 1.165) is 5.56 Å². The number of aliphatic imine (C=N–C) groups is 1. The summed E-state index contributed by atoms with van der Waals surface area (Å²) in [5, 5.41) is 0.673. The Kier molecular flexibility index (Phi) is 6.37. The molecule has 0 bridgehead atoms. The van der Waals surface area contributed by atoms with E-state index < -0.39 is 23.4 Å². The first-order valence-corrected chi connectivity index (χ1v) is 9.45. The number of carbonyl (C=O) groups excluding carboxylic acids is 2. The third kappa shape index (κ3) is 6.05. The predicted molar refractivity (Wildman–Crippen MR) is 113 cm³/mol. The topological polar surface area (TPSA) is 122 Å². The molecule has 0 saturated heterocycles. The van der Waals surface area contributed by atoms with Crippen LogP contribution in [0.2, 0.25) is 0 Å². The van der Waals surface area contributed by atoms with Gasteiger partial charge < -0.3 is 20.9 Å². The maximum Gasteiger partial charge on any atom is 0.436 e. The van der Waals surface area contributed by atoms with Gasteiger partial charge in [-0.15, -0.1) is 0 Å². The number of hydrogen-bond acceptors (Lipinski definition) is 5. The molecule has 0 fully saturated rings. The van der Waals surface area contributed by atoms with Gasteiger partial charge >= 0.3 is 12.2 Å². The van der Waals surface area contributed by atoms with Crippen LogP contribution >= 0.6 is 0 Å². The molecule has 1 aromatic heterocycles. The molecule has 0 saturated carbocycles. The normalized spacial score (nSPS) is 12.9. The molecule has 0 spiro atoms. The number of fused-ring (bicyclic) bond motifs is 1. The summed E-state index contributed by atoms with van der Waals surface area (Å²) in [5.41, 5.74) is 12.4. The third-order valence-electron chi connectivity index (χ3n) is 3.77. The zero-order valence-corrected chi connectivity index (χ0v) is 17.9. The molecule has 1 aromatic carbocycles. The largest absolute Gasteiger partial charge is 0.443 e. The lowest BCUT2D eigenvalue weighted by Crippen LogP contribution is -2.27. The molecule has 29 heavy (non-hydrogen) atoms. The second-order valence-corrected chi connectivity index (χ2v) is 8.76. The summed E-state index contributed by atoms with van der Waals surface area (Å²) < 4.78 is 12.0.